The quantitative estimate of drug-likeness (QED) is 0.880. The van der Waals surface area contributed by atoms with Gasteiger partial charge in [0.15, 0.2) is 9.84 Å². The monoisotopic (exact) mass is 342 g/mol. The van der Waals surface area contributed by atoms with Crippen molar-refractivity contribution in [2.24, 2.45) is 5.41 Å². The van der Waals surface area contributed by atoms with Crippen LogP contribution in [0.2, 0.25) is 0 Å². The maximum atomic E-state index is 12.2. The fraction of sp³-hybridized carbons (Fsp3) is 0.688. The van der Waals surface area contributed by atoms with Crippen LogP contribution in [0.25, 0.3) is 0 Å². The van der Waals surface area contributed by atoms with E-state index >= 15 is 0 Å². The summed E-state index contributed by atoms with van der Waals surface area (Å²) in [5.41, 5.74) is -0.235. The van der Waals surface area contributed by atoms with Gasteiger partial charge in [-0.15, -0.1) is 0 Å². The average molecular weight is 342 g/mol. The maximum Gasteiger partial charge on any atom is 0.315 e. The van der Waals surface area contributed by atoms with E-state index in [9.17, 15) is 13.2 Å². The minimum atomic E-state index is -3.05. The number of nitrogens with one attached hydrogen (secondary N) is 2. The molecule has 0 aliphatic carbocycles. The summed E-state index contributed by atoms with van der Waals surface area (Å²) < 4.78 is 29.2. The molecule has 2 amide bonds. The lowest BCUT2D eigenvalue weighted by atomic mass is 9.85. The molecule has 1 aromatic rings. The molecule has 1 aliphatic heterocycles. The highest BCUT2D eigenvalue weighted by molar-refractivity contribution is 7.92. The van der Waals surface area contributed by atoms with E-state index in [0.29, 0.717) is 18.6 Å². The van der Waals surface area contributed by atoms with Crippen molar-refractivity contribution in [3.8, 4) is 0 Å². The number of sulfone groups is 1. The lowest BCUT2D eigenvalue weighted by Crippen LogP contribution is -2.45. The Labute approximate surface area is 137 Å². The van der Waals surface area contributed by atoms with Crippen molar-refractivity contribution in [2.75, 3.05) is 12.3 Å². The summed E-state index contributed by atoms with van der Waals surface area (Å²) in [5.74, 6) is 1.70. The van der Waals surface area contributed by atoms with Crippen molar-refractivity contribution < 1.29 is 17.6 Å². The first-order chi connectivity index (χ1) is 10.6. The minimum Gasteiger partial charge on any atom is -0.464 e. The second-order valence-electron chi connectivity index (χ2n) is 7.23. The maximum absolute atomic E-state index is 12.2. The molecule has 130 valence electrons. The molecule has 2 N–H and O–H groups in total. The molecule has 2 atom stereocenters. The van der Waals surface area contributed by atoms with Crippen LogP contribution < -0.4 is 10.6 Å². The number of furan rings is 1. The van der Waals surface area contributed by atoms with Crippen LogP contribution in [0.15, 0.2) is 16.5 Å². The highest BCUT2D eigenvalue weighted by Crippen LogP contribution is 2.33. The summed E-state index contributed by atoms with van der Waals surface area (Å²) in [5, 5.41) is 5.12. The van der Waals surface area contributed by atoms with Crippen molar-refractivity contribution in [3.63, 3.8) is 0 Å². The molecule has 7 heteroatoms. The fourth-order valence-electron chi connectivity index (χ4n) is 2.80. The summed E-state index contributed by atoms with van der Waals surface area (Å²) >= 11 is 0. The number of amides is 2. The minimum absolute atomic E-state index is 0.155. The third kappa shape index (κ3) is 4.50. The molecule has 6 nitrogen and oxygen atoms in total. The molecule has 1 aliphatic rings. The molecule has 0 bridgehead atoms. The highest BCUT2D eigenvalue weighted by Gasteiger charge is 2.33. The Morgan fingerprint density at radius 2 is 2.09 bits per heavy atom. The highest BCUT2D eigenvalue weighted by atomic mass is 32.2. The smallest absolute Gasteiger partial charge is 0.315 e. The number of carbonyl (C=O) groups is 1. The van der Waals surface area contributed by atoms with Gasteiger partial charge in [-0.1, -0.05) is 20.8 Å². The zero-order valence-corrected chi connectivity index (χ0v) is 15.0. The lowest BCUT2D eigenvalue weighted by Gasteiger charge is -2.30. The van der Waals surface area contributed by atoms with Crippen molar-refractivity contribution in [1.82, 2.24) is 10.6 Å². The van der Waals surface area contributed by atoms with Crippen molar-refractivity contribution in [3.05, 3.63) is 23.7 Å². The topological polar surface area (TPSA) is 88.4 Å². The Bertz CT molecular complexity index is 658. The predicted molar refractivity (Wildman–Crippen MR) is 89.0 cm³/mol. The van der Waals surface area contributed by atoms with Gasteiger partial charge in [0.05, 0.1) is 17.0 Å². The summed E-state index contributed by atoms with van der Waals surface area (Å²) in [4.78, 5) is 12.2. The molecule has 1 saturated heterocycles. The summed E-state index contributed by atoms with van der Waals surface area (Å²) in [6.45, 7) is 8.04. The predicted octanol–water partition coefficient (Wildman–Crippen LogP) is 2.55. The van der Waals surface area contributed by atoms with Gasteiger partial charge in [-0.2, -0.15) is 0 Å². The third-order valence-corrected chi connectivity index (χ3v) is 6.42. The Hall–Kier alpha value is -1.50. The van der Waals surface area contributed by atoms with Gasteiger partial charge in [0.2, 0.25) is 0 Å². The van der Waals surface area contributed by atoms with E-state index in [-0.39, 0.29) is 29.8 Å². The SMILES string of the molecule is Cc1ccc(C(NC(=O)NCC2CCCS2(=O)=O)C(C)(C)C)o1. The van der Waals surface area contributed by atoms with E-state index in [4.69, 9.17) is 4.42 Å². The van der Waals surface area contributed by atoms with Crippen LogP contribution in [0.4, 0.5) is 4.79 Å². The van der Waals surface area contributed by atoms with Crippen molar-refractivity contribution in [2.45, 2.75) is 51.8 Å². The number of aryl methyl sites for hydroxylation is 1. The number of hydrogen-bond donors (Lipinski definition) is 2. The molecular weight excluding hydrogens is 316 g/mol. The first-order valence-electron chi connectivity index (χ1n) is 7.92. The van der Waals surface area contributed by atoms with Crippen LogP contribution in [-0.4, -0.2) is 32.0 Å². The molecule has 1 aromatic heterocycles. The normalized spacial score (nSPS) is 21.8. The Balaban J connectivity index is 1.98. The summed E-state index contributed by atoms with van der Waals surface area (Å²) in [7, 11) is -3.05. The first-order valence-corrected chi connectivity index (χ1v) is 9.63. The third-order valence-electron chi connectivity index (χ3n) is 4.14. The van der Waals surface area contributed by atoms with E-state index in [2.05, 4.69) is 10.6 Å². The van der Waals surface area contributed by atoms with E-state index < -0.39 is 15.1 Å². The Morgan fingerprint density at radius 3 is 2.57 bits per heavy atom. The van der Waals surface area contributed by atoms with Gasteiger partial charge in [0.25, 0.3) is 0 Å². The molecule has 23 heavy (non-hydrogen) atoms. The van der Waals surface area contributed by atoms with E-state index in [1.165, 1.54) is 0 Å². The molecule has 0 spiro atoms. The average Bonchev–Trinajstić information content (AvgIpc) is 2.98. The van der Waals surface area contributed by atoms with Crippen molar-refractivity contribution in [1.29, 1.82) is 0 Å². The number of rotatable bonds is 4. The standard InChI is InChI=1S/C16H26N2O4S/c1-11-7-8-13(22-11)14(16(2,3)4)18-15(19)17-10-12-6-5-9-23(12,20)21/h7-8,12,14H,5-6,9-10H2,1-4H3,(H2,17,18,19). The van der Waals surface area contributed by atoms with Gasteiger partial charge in [0.1, 0.15) is 11.5 Å². The number of carbonyl (C=O) groups excluding carboxylic acids is 1. The van der Waals surface area contributed by atoms with E-state index in [0.717, 1.165) is 5.76 Å². The fourth-order valence-corrected chi connectivity index (χ4v) is 4.56. The second-order valence-corrected chi connectivity index (χ2v) is 9.63. The van der Waals surface area contributed by atoms with Gasteiger partial charge in [-0.25, -0.2) is 13.2 Å². The second kappa shape index (κ2) is 6.55. The molecular formula is C16H26N2O4S. The van der Waals surface area contributed by atoms with Crippen LogP contribution in [0.1, 0.15) is 51.2 Å². The Kier molecular flexibility index (Phi) is 5.08. The van der Waals surface area contributed by atoms with Crippen LogP contribution in [-0.2, 0) is 9.84 Å². The molecule has 1 fully saturated rings. The largest absolute Gasteiger partial charge is 0.464 e. The number of hydrogen-bond acceptors (Lipinski definition) is 4. The van der Waals surface area contributed by atoms with Crippen molar-refractivity contribution >= 4 is 15.9 Å². The molecule has 2 rings (SSSR count). The van der Waals surface area contributed by atoms with Gasteiger partial charge in [0, 0.05) is 6.54 Å². The van der Waals surface area contributed by atoms with E-state index in [1.54, 1.807) is 0 Å². The number of urea groups is 1. The zero-order chi connectivity index (χ0) is 17.3. The van der Waals surface area contributed by atoms with Crippen LogP contribution in [0.3, 0.4) is 0 Å². The summed E-state index contributed by atoms with van der Waals surface area (Å²) in [6.07, 6.45) is 1.29. The molecule has 0 aromatic carbocycles. The first kappa shape index (κ1) is 17.8. The van der Waals surface area contributed by atoms with Gasteiger partial charge < -0.3 is 15.1 Å². The van der Waals surface area contributed by atoms with Crippen LogP contribution in [0.5, 0.6) is 0 Å². The zero-order valence-electron chi connectivity index (χ0n) is 14.2. The molecule has 0 radical (unpaired) electrons. The van der Waals surface area contributed by atoms with E-state index in [1.807, 2.05) is 39.8 Å². The van der Waals surface area contributed by atoms with Gasteiger partial charge >= 0.3 is 6.03 Å². The van der Waals surface area contributed by atoms with Gasteiger partial charge in [-0.3, -0.25) is 0 Å². The van der Waals surface area contributed by atoms with Gasteiger partial charge in [-0.05, 0) is 37.3 Å². The summed E-state index contributed by atoms with van der Waals surface area (Å²) in [6, 6.07) is 3.04. The molecule has 2 unspecified atom stereocenters. The molecule has 0 saturated carbocycles. The lowest BCUT2D eigenvalue weighted by molar-refractivity contribution is 0.206. The van der Waals surface area contributed by atoms with Crippen LogP contribution in [0, 0.1) is 12.3 Å². The van der Waals surface area contributed by atoms with Crippen LogP contribution >= 0.6 is 0 Å². The molecule has 2 heterocycles. The Morgan fingerprint density at radius 1 is 1.39 bits per heavy atom.